The Morgan fingerprint density at radius 2 is 1.78 bits per heavy atom. The summed E-state index contributed by atoms with van der Waals surface area (Å²) in [6.07, 6.45) is -1.71. The Hall–Kier alpha value is -2.50. The quantitative estimate of drug-likeness (QED) is 0.687. The number of fused-ring (bicyclic) bond motifs is 1. The molecule has 0 bridgehead atoms. The molecule has 0 fully saturated rings. The highest BCUT2D eigenvalue weighted by atomic mass is 19.4. The number of hydrogen-bond acceptors (Lipinski definition) is 2. The van der Waals surface area contributed by atoms with Gasteiger partial charge in [-0.05, 0) is 49.2 Å². The van der Waals surface area contributed by atoms with Gasteiger partial charge >= 0.3 is 6.18 Å². The summed E-state index contributed by atoms with van der Waals surface area (Å²) in [5.41, 5.74) is 3.18. The average Bonchev–Trinajstić information content (AvgIpc) is 2.90. The van der Waals surface area contributed by atoms with E-state index in [2.05, 4.69) is 4.98 Å². The average molecular weight is 320 g/mol. The van der Waals surface area contributed by atoms with Gasteiger partial charge in [-0.15, -0.1) is 0 Å². The van der Waals surface area contributed by atoms with Crippen molar-refractivity contribution in [3.63, 3.8) is 0 Å². The molecule has 23 heavy (non-hydrogen) atoms. The van der Waals surface area contributed by atoms with Crippen LogP contribution in [0, 0.1) is 13.8 Å². The van der Waals surface area contributed by atoms with Gasteiger partial charge < -0.3 is 9.14 Å². The molecule has 3 rings (SSSR count). The molecule has 0 aliphatic heterocycles. The molecule has 120 valence electrons. The lowest BCUT2D eigenvalue weighted by Gasteiger charge is -2.09. The normalized spacial score (nSPS) is 11.9. The van der Waals surface area contributed by atoms with Crippen molar-refractivity contribution in [2.75, 3.05) is 7.11 Å². The molecule has 0 aliphatic rings. The van der Waals surface area contributed by atoms with Gasteiger partial charge in [0.15, 0.2) is 0 Å². The van der Waals surface area contributed by atoms with Crippen LogP contribution >= 0.6 is 0 Å². The molecule has 1 aromatic carbocycles. The maximum absolute atomic E-state index is 12.8. The third kappa shape index (κ3) is 2.76. The Kier molecular flexibility index (Phi) is 3.55. The summed E-state index contributed by atoms with van der Waals surface area (Å²) < 4.78 is 45.1. The molecule has 2 aromatic heterocycles. The smallest absolute Gasteiger partial charge is 0.417 e. The molecule has 2 heterocycles. The maximum atomic E-state index is 12.8. The first-order chi connectivity index (χ1) is 10.8. The summed E-state index contributed by atoms with van der Waals surface area (Å²) in [5, 5.41) is 0. The minimum Gasteiger partial charge on any atom is -0.496 e. The first-order valence-corrected chi connectivity index (χ1v) is 7.01. The summed E-state index contributed by atoms with van der Waals surface area (Å²) in [7, 11) is 1.60. The van der Waals surface area contributed by atoms with Crippen molar-refractivity contribution < 1.29 is 17.9 Å². The van der Waals surface area contributed by atoms with E-state index in [0.717, 1.165) is 34.7 Å². The van der Waals surface area contributed by atoms with Crippen molar-refractivity contribution in [3.05, 3.63) is 53.3 Å². The molecule has 6 heteroatoms. The van der Waals surface area contributed by atoms with Crippen LogP contribution in [0.2, 0.25) is 0 Å². The number of aromatic nitrogens is 2. The first kappa shape index (κ1) is 15.4. The van der Waals surface area contributed by atoms with Gasteiger partial charge in [-0.2, -0.15) is 13.2 Å². The SMILES string of the molecule is COc1cc(C)c(-c2cn3cc(C(F)(F)F)ccc3n2)cc1C. The standard InChI is InChI=1S/C17H15F3N2O/c1-10-7-15(23-3)11(2)6-13(10)14-9-22-8-12(17(18,19)20)4-5-16(22)21-14/h4-9H,1-3H3. The lowest BCUT2D eigenvalue weighted by atomic mass is 10.0. The van der Waals surface area contributed by atoms with Crippen molar-refractivity contribution in [3.8, 4) is 17.0 Å². The largest absolute Gasteiger partial charge is 0.496 e. The van der Waals surface area contributed by atoms with Gasteiger partial charge in [-0.25, -0.2) is 4.98 Å². The number of halogens is 3. The Morgan fingerprint density at radius 1 is 1.04 bits per heavy atom. The second-order valence-corrected chi connectivity index (χ2v) is 5.44. The summed E-state index contributed by atoms with van der Waals surface area (Å²) in [5.74, 6) is 0.773. The lowest BCUT2D eigenvalue weighted by molar-refractivity contribution is -0.137. The molecule has 0 saturated carbocycles. The van der Waals surface area contributed by atoms with Gasteiger partial charge in [0.05, 0.1) is 18.4 Å². The molecular weight excluding hydrogens is 305 g/mol. The second kappa shape index (κ2) is 5.30. The number of nitrogens with zero attached hydrogens (tertiary/aromatic N) is 2. The van der Waals surface area contributed by atoms with Crippen LogP contribution in [0.3, 0.4) is 0 Å². The maximum Gasteiger partial charge on any atom is 0.417 e. The highest BCUT2D eigenvalue weighted by molar-refractivity contribution is 5.68. The number of imidazole rings is 1. The lowest BCUT2D eigenvalue weighted by Crippen LogP contribution is -2.05. The fourth-order valence-corrected chi connectivity index (χ4v) is 2.57. The zero-order valence-electron chi connectivity index (χ0n) is 12.9. The highest BCUT2D eigenvalue weighted by Crippen LogP contribution is 2.32. The van der Waals surface area contributed by atoms with E-state index in [1.54, 1.807) is 13.3 Å². The van der Waals surface area contributed by atoms with Crippen molar-refractivity contribution in [1.29, 1.82) is 0 Å². The van der Waals surface area contributed by atoms with E-state index < -0.39 is 11.7 Å². The number of methoxy groups -OCH3 is 1. The molecule has 0 amide bonds. The van der Waals surface area contributed by atoms with Gasteiger partial charge in [-0.3, -0.25) is 0 Å². The number of benzene rings is 1. The molecule has 0 radical (unpaired) electrons. The highest BCUT2D eigenvalue weighted by Gasteiger charge is 2.30. The monoisotopic (exact) mass is 320 g/mol. The van der Waals surface area contributed by atoms with E-state index in [1.165, 1.54) is 10.5 Å². The third-order valence-corrected chi connectivity index (χ3v) is 3.80. The predicted molar refractivity (Wildman–Crippen MR) is 81.7 cm³/mol. The van der Waals surface area contributed by atoms with Crippen LogP contribution in [0.4, 0.5) is 13.2 Å². The van der Waals surface area contributed by atoms with E-state index in [4.69, 9.17) is 4.74 Å². The minimum atomic E-state index is -4.37. The van der Waals surface area contributed by atoms with E-state index in [9.17, 15) is 13.2 Å². The molecule has 0 spiro atoms. The van der Waals surface area contributed by atoms with Gasteiger partial charge in [-0.1, -0.05) is 0 Å². The van der Waals surface area contributed by atoms with Crippen LogP contribution in [0.15, 0.2) is 36.7 Å². The molecule has 0 unspecified atom stereocenters. The van der Waals surface area contributed by atoms with Gasteiger partial charge in [0.25, 0.3) is 0 Å². The number of aryl methyl sites for hydroxylation is 2. The fourth-order valence-electron chi connectivity index (χ4n) is 2.57. The summed E-state index contributed by atoms with van der Waals surface area (Å²) in [6.45, 7) is 3.84. The Morgan fingerprint density at radius 3 is 2.43 bits per heavy atom. The zero-order chi connectivity index (χ0) is 16.8. The zero-order valence-corrected chi connectivity index (χ0v) is 12.9. The van der Waals surface area contributed by atoms with Crippen LogP contribution in [0.5, 0.6) is 5.75 Å². The van der Waals surface area contributed by atoms with Crippen molar-refractivity contribution in [2.24, 2.45) is 0 Å². The third-order valence-electron chi connectivity index (χ3n) is 3.80. The van der Waals surface area contributed by atoms with Gasteiger partial charge in [0.2, 0.25) is 0 Å². The number of pyridine rings is 1. The Labute approximate surface area is 131 Å². The van der Waals surface area contributed by atoms with Crippen molar-refractivity contribution >= 4 is 5.65 Å². The summed E-state index contributed by atoms with van der Waals surface area (Å²) >= 11 is 0. The van der Waals surface area contributed by atoms with Crippen molar-refractivity contribution in [1.82, 2.24) is 9.38 Å². The fraction of sp³-hybridized carbons (Fsp3) is 0.235. The molecule has 0 N–H and O–H groups in total. The summed E-state index contributed by atoms with van der Waals surface area (Å²) in [6, 6.07) is 6.24. The van der Waals surface area contributed by atoms with Gasteiger partial charge in [0.1, 0.15) is 11.4 Å². The molecule has 0 aliphatic carbocycles. The van der Waals surface area contributed by atoms with E-state index in [0.29, 0.717) is 11.3 Å². The summed E-state index contributed by atoms with van der Waals surface area (Å²) in [4.78, 5) is 4.42. The second-order valence-electron chi connectivity index (χ2n) is 5.44. The van der Waals surface area contributed by atoms with Crippen LogP contribution < -0.4 is 4.74 Å². The van der Waals surface area contributed by atoms with E-state index >= 15 is 0 Å². The number of hydrogen-bond donors (Lipinski definition) is 0. The Bertz CT molecular complexity index is 881. The van der Waals surface area contributed by atoms with Crippen LogP contribution in [-0.2, 0) is 6.18 Å². The molecule has 3 aromatic rings. The molecule has 0 atom stereocenters. The van der Waals surface area contributed by atoms with Crippen LogP contribution in [-0.4, -0.2) is 16.5 Å². The Balaban J connectivity index is 2.13. The molecule has 3 nitrogen and oxygen atoms in total. The number of ether oxygens (including phenoxy) is 1. The topological polar surface area (TPSA) is 26.5 Å². The van der Waals surface area contributed by atoms with E-state index in [1.807, 2.05) is 26.0 Å². The molecule has 0 saturated heterocycles. The van der Waals surface area contributed by atoms with Gasteiger partial charge in [0, 0.05) is 18.0 Å². The van der Waals surface area contributed by atoms with Crippen LogP contribution in [0.1, 0.15) is 16.7 Å². The first-order valence-electron chi connectivity index (χ1n) is 7.01. The minimum absolute atomic E-state index is 0.473. The molecular formula is C17H15F3N2O. The van der Waals surface area contributed by atoms with Crippen LogP contribution in [0.25, 0.3) is 16.9 Å². The number of alkyl halides is 3. The van der Waals surface area contributed by atoms with Crippen molar-refractivity contribution in [2.45, 2.75) is 20.0 Å². The predicted octanol–water partition coefficient (Wildman–Crippen LogP) is 4.65. The number of rotatable bonds is 2. The van der Waals surface area contributed by atoms with E-state index in [-0.39, 0.29) is 0 Å².